The normalized spacial score (nSPS) is 10.3. The molecule has 1 aromatic carbocycles. The molecule has 6 nitrogen and oxygen atoms in total. The Bertz CT molecular complexity index is 839. The zero-order valence-corrected chi connectivity index (χ0v) is 12.2. The lowest BCUT2D eigenvalue weighted by Gasteiger charge is -2.07. The van der Waals surface area contributed by atoms with Gasteiger partial charge in [-0.25, -0.2) is 18.0 Å². The Morgan fingerprint density at radius 2 is 1.79 bits per heavy atom. The molecule has 0 aliphatic rings. The van der Waals surface area contributed by atoms with Crippen LogP contribution in [0.15, 0.2) is 33.7 Å². The average molecular weight is 341 g/mol. The maximum Gasteiger partial charge on any atom is 0.374 e. The molecule has 126 valence electrons. The highest BCUT2D eigenvalue weighted by Crippen LogP contribution is 2.14. The van der Waals surface area contributed by atoms with Gasteiger partial charge in [0.15, 0.2) is 5.43 Å². The van der Waals surface area contributed by atoms with Crippen LogP contribution in [0, 0.1) is 17.5 Å². The number of hydrogen-bond donors (Lipinski definition) is 1. The van der Waals surface area contributed by atoms with Gasteiger partial charge in [0.25, 0.3) is 5.91 Å². The van der Waals surface area contributed by atoms with Crippen LogP contribution >= 0.6 is 0 Å². The van der Waals surface area contributed by atoms with Crippen molar-refractivity contribution in [2.75, 3.05) is 7.11 Å². The summed E-state index contributed by atoms with van der Waals surface area (Å²) in [4.78, 5) is 34.8. The Balaban J connectivity index is 2.17. The molecule has 1 aromatic heterocycles. The quantitative estimate of drug-likeness (QED) is 0.857. The monoisotopic (exact) mass is 341 g/mol. The Hall–Kier alpha value is -3.10. The molecule has 2 aromatic rings. The molecular formula is C15H10F3NO5. The molecule has 2 rings (SSSR count). The van der Waals surface area contributed by atoms with Gasteiger partial charge < -0.3 is 14.5 Å². The lowest BCUT2D eigenvalue weighted by Crippen LogP contribution is -2.29. The molecule has 0 aliphatic carbocycles. The van der Waals surface area contributed by atoms with Crippen molar-refractivity contribution in [3.63, 3.8) is 0 Å². The summed E-state index contributed by atoms with van der Waals surface area (Å²) in [6.45, 7) is -0.616. The summed E-state index contributed by atoms with van der Waals surface area (Å²) >= 11 is 0. The molecule has 9 heteroatoms. The SMILES string of the molecule is COC(=O)c1cc(=O)c(C(=O)NCc2c(F)cc(F)cc2F)co1. The number of esters is 1. The molecule has 0 fully saturated rings. The van der Waals surface area contributed by atoms with Crippen LogP contribution in [0.25, 0.3) is 0 Å². The van der Waals surface area contributed by atoms with Gasteiger partial charge in [-0.3, -0.25) is 9.59 Å². The molecule has 1 N–H and O–H groups in total. The fraction of sp³-hybridized carbons (Fsp3) is 0.133. The van der Waals surface area contributed by atoms with Gasteiger partial charge in [-0.15, -0.1) is 0 Å². The second-order valence-electron chi connectivity index (χ2n) is 4.54. The van der Waals surface area contributed by atoms with E-state index in [9.17, 15) is 27.6 Å². The minimum Gasteiger partial charge on any atom is -0.463 e. The first-order valence-electron chi connectivity index (χ1n) is 6.46. The van der Waals surface area contributed by atoms with Crippen LogP contribution in [-0.2, 0) is 11.3 Å². The molecule has 24 heavy (non-hydrogen) atoms. The van der Waals surface area contributed by atoms with E-state index < -0.39 is 58.2 Å². The number of nitrogens with one attached hydrogen (secondary N) is 1. The number of benzene rings is 1. The van der Waals surface area contributed by atoms with Gasteiger partial charge in [-0.05, 0) is 0 Å². The van der Waals surface area contributed by atoms with E-state index in [4.69, 9.17) is 4.42 Å². The van der Waals surface area contributed by atoms with Crippen molar-refractivity contribution in [3.05, 3.63) is 69.0 Å². The average Bonchev–Trinajstić information content (AvgIpc) is 2.52. The fourth-order valence-electron chi connectivity index (χ4n) is 1.79. The number of rotatable bonds is 4. The van der Waals surface area contributed by atoms with Crippen molar-refractivity contribution in [2.24, 2.45) is 0 Å². The number of hydrogen-bond acceptors (Lipinski definition) is 5. The summed E-state index contributed by atoms with van der Waals surface area (Å²) in [5.74, 6) is -5.76. The molecule has 0 atom stereocenters. The minimum atomic E-state index is -1.18. The van der Waals surface area contributed by atoms with Gasteiger partial charge in [0, 0.05) is 30.3 Å². The molecule has 0 saturated carbocycles. The highest BCUT2D eigenvalue weighted by molar-refractivity contribution is 5.94. The molecular weight excluding hydrogens is 331 g/mol. The Labute approximate surface area is 132 Å². The van der Waals surface area contributed by atoms with E-state index in [2.05, 4.69) is 10.1 Å². The molecule has 0 unspecified atom stereocenters. The molecule has 1 heterocycles. The lowest BCUT2D eigenvalue weighted by molar-refractivity contribution is 0.0561. The first-order valence-corrected chi connectivity index (χ1v) is 6.46. The van der Waals surface area contributed by atoms with Crippen molar-refractivity contribution in [3.8, 4) is 0 Å². The Kier molecular flexibility index (Phi) is 5.02. The van der Waals surface area contributed by atoms with E-state index >= 15 is 0 Å². The topological polar surface area (TPSA) is 85.6 Å². The molecule has 0 saturated heterocycles. The van der Waals surface area contributed by atoms with Crippen LogP contribution in [0.2, 0.25) is 0 Å². The minimum absolute atomic E-state index is 0.408. The van der Waals surface area contributed by atoms with E-state index in [0.717, 1.165) is 19.4 Å². The van der Waals surface area contributed by atoms with Gasteiger partial charge in [-0.2, -0.15) is 0 Å². The smallest absolute Gasteiger partial charge is 0.374 e. The molecule has 0 bridgehead atoms. The number of ether oxygens (including phenoxy) is 1. The first-order chi connectivity index (χ1) is 11.3. The molecule has 0 aliphatic heterocycles. The summed E-state index contributed by atoms with van der Waals surface area (Å²) in [7, 11) is 1.08. The Morgan fingerprint density at radius 3 is 2.33 bits per heavy atom. The van der Waals surface area contributed by atoms with Crippen LogP contribution in [0.5, 0.6) is 0 Å². The standard InChI is InChI=1S/C15H10F3NO5/c1-23-15(22)13-4-12(20)9(6-24-13)14(21)19-5-8-10(17)2-7(16)3-11(8)18/h2-4,6H,5H2,1H3,(H,19,21). The maximum absolute atomic E-state index is 13.5. The highest BCUT2D eigenvalue weighted by atomic mass is 19.1. The lowest BCUT2D eigenvalue weighted by atomic mass is 10.2. The predicted octanol–water partition coefficient (Wildman–Crippen LogP) is 1.77. The summed E-state index contributed by atoms with van der Waals surface area (Å²) in [5.41, 5.74) is -1.90. The summed E-state index contributed by atoms with van der Waals surface area (Å²) < 4.78 is 48.9. The largest absolute Gasteiger partial charge is 0.463 e. The number of carbonyl (C=O) groups is 2. The summed E-state index contributed by atoms with van der Waals surface area (Å²) in [5, 5.41) is 2.10. The Morgan fingerprint density at radius 1 is 1.17 bits per heavy atom. The summed E-state index contributed by atoms with van der Waals surface area (Å²) in [6.07, 6.45) is 0.724. The number of amides is 1. The number of carbonyl (C=O) groups excluding carboxylic acids is 2. The van der Waals surface area contributed by atoms with Gasteiger partial charge in [0.2, 0.25) is 5.76 Å². The molecule has 0 radical (unpaired) electrons. The van der Waals surface area contributed by atoms with Crippen molar-refractivity contribution >= 4 is 11.9 Å². The summed E-state index contributed by atoms with van der Waals surface area (Å²) in [6, 6.07) is 1.67. The van der Waals surface area contributed by atoms with E-state index in [1.54, 1.807) is 0 Å². The van der Waals surface area contributed by atoms with Crippen LogP contribution in [0.4, 0.5) is 13.2 Å². The van der Waals surface area contributed by atoms with E-state index in [-0.39, 0.29) is 0 Å². The van der Waals surface area contributed by atoms with Gasteiger partial charge in [0.05, 0.1) is 7.11 Å². The number of methoxy groups -OCH3 is 1. The maximum atomic E-state index is 13.5. The van der Waals surface area contributed by atoms with E-state index in [1.165, 1.54) is 0 Å². The van der Waals surface area contributed by atoms with Crippen LogP contribution in [0.1, 0.15) is 26.5 Å². The first kappa shape index (κ1) is 17.3. The molecule has 0 spiro atoms. The van der Waals surface area contributed by atoms with Crippen LogP contribution in [0.3, 0.4) is 0 Å². The highest BCUT2D eigenvalue weighted by Gasteiger charge is 2.17. The molecule has 1 amide bonds. The van der Waals surface area contributed by atoms with Crippen molar-refractivity contribution in [2.45, 2.75) is 6.54 Å². The van der Waals surface area contributed by atoms with Crippen molar-refractivity contribution in [1.82, 2.24) is 5.32 Å². The van der Waals surface area contributed by atoms with E-state index in [0.29, 0.717) is 12.1 Å². The zero-order chi connectivity index (χ0) is 17.9. The van der Waals surface area contributed by atoms with Crippen molar-refractivity contribution in [1.29, 1.82) is 0 Å². The second kappa shape index (κ2) is 6.99. The fourth-order valence-corrected chi connectivity index (χ4v) is 1.79. The van der Waals surface area contributed by atoms with Crippen LogP contribution < -0.4 is 10.7 Å². The van der Waals surface area contributed by atoms with Gasteiger partial charge in [-0.1, -0.05) is 0 Å². The van der Waals surface area contributed by atoms with Crippen LogP contribution in [-0.4, -0.2) is 19.0 Å². The van der Waals surface area contributed by atoms with Gasteiger partial charge >= 0.3 is 5.97 Å². The third kappa shape index (κ3) is 3.62. The predicted molar refractivity (Wildman–Crippen MR) is 73.8 cm³/mol. The third-order valence-corrected chi connectivity index (χ3v) is 2.99. The zero-order valence-electron chi connectivity index (χ0n) is 12.2. The van der Waals surface area contributed by atoms with Crippen molar-refractivity contribution < 1.29 is 31.9 Å². The van der Waals surface area contributed by atoms with E-state index in [1.807, 2.05) is 0 Å². The number of halogens is 3. The second-order valence-corrected chi connectivity index (χ2v) is 4.54. The third-order valence-electron chi connectivity index (χ3n) is 2.99. The van der Waals surface area contributed by atoms with Gasteiger partial charge in [0.1, 0.15) is 29.3 Å².